The monoisotopic (exact) mass is 382 g/mol. The summed E-state index contributed by atoms with van der Waals surface area (Å²) in [6, 6.07) is 0.904. The van der Waals surface area contributed by atoms with E-state index in [1.165, 1.54) is 0 Å². The van der Waals surface area contributed by atoms with E-state index in [9.17, 15) is 35.9 Å². The van der Waals surface area contributed by atoms with Crippen molar-refractivity contribution in [2.45, 2.75) is 37.9 Å². The van der Waals surface area contributed by atoms with E-state index in [-0.39, 0.29) is 12.5 Å². The third-order valence-corrected chi connectivity index (χ3v) is 3.41. The minimum Gasteiger partial charge on any atom is -0.460 e. The van der Waals surface area contributed by atoms with E-state index < -0.39 is 53.2 Å². The van der Waals surface area contributed by atoms with Crippen LogP contribution in [-0.4, -0.2) is 24.1 Å². The molecule has 2 atom stereocenters. The second kappa shape index (κ2) is 7.00. The summed E-state index contributed by atoms with van der Waals surface area (Å²) in [5.74, 6) is -1.86. The van der Waals surface area contributed by atoms with Crippen LogP contribution in [0.15, 0.2) is 24.3 Å². The van der Waals surface area contributed by atoms with Gasteiger partial charge in [0.05, 0.1) is 11.1 Å². The van der Waals surface area contributed by atoms with E-state index in [4.69, 9.17) is 9.47 Å². The molecular formula is C16H12F6O4. The third-order valence-electron chi connectivity index (χ3n) is 3.41. The van der Waals surface area contributed by atoms with Crippen LogP contribution in [0.1, 0.15) is 30.0 Å². The number of esters is 2. The molecule has 0 saturated carbocycles. The van der Waals surface area contributed by atoms with Crippen molar-refractivity contribution in [3.05, 3.63) is 41.0 Å². The molecule has 10 heteroatoms. The highest BCUT2D eigenvalue weighted by atomic mass is 19.4. The fourth-order valence-corrected chi connectivity index (χ4v) is 2.24. The summed E-state index contributed by atoms with van der Waals surface area (Å²) in [7, 11) is 0. The molecule has 1 aliphatic heterocycles. The fraction of sp³-hybridized carbons (Fsp3) is 0.375. The first-order valence-electron chi connectivity index (χ1n) is 7.25. The van der Waals surface area contributed by atoms with E-state index in [1.807, 2.05) is 0 Å². The van der Waals surface area contributed by atoms with E-state index in [2.05, 4.69) is 0 Å². The Morgan fingerprint density at radius 1 is 1.12 bits per heavy atom. The third kappa shape index (κ3) is 4.99. The van der Waals surface area contributed by atoms with Crippen LogP contribution in [-0.2, 0) is 31.4 Å². The topological polar surface area (TPSA) is 52.6 Å². The highest BCUT2D eigenvalue weighted by Gasteiger charge is 2.37. The zero-order chi connectivity index (χ0) is 19.7. The Balaban J connectivity index is 2.21. The smallest absolute Gasteiger partial charge is 0.416 e. The number of hydrogen-bond donors (Lipinski definition) is 0. The standard InChI is InChI=1S/C16H12F6O4/c1-8-4-12(14(24)25-8)26-13(23)3-2-9-5-10(15(17,18)19)7-11(6-9)16(20,21)22/h2-3,5-8,12H,4H2,1H3. The van der Waals surface area contributed by atoms with Crippen LogP contribution in [0, 0.1) is 0 Å². The largest absolute Gasteiger partial charge is 0.460 e. The molecular weight excluding hydrogens is 370 g/mol. The highest BCUT2D eigenvalue weighted by Crippen LogP contribution is 2.36. The van der Waals surface area contributed by atoms with Crippen LogP contribution in [0.5, 0.6) is 0 Å². The molecule has 2 rings (SSSR count). The van der Waals surface area contributed by atoms with E-state index in [1.54, 1.807) is 6.92 Å². The molecule has 0 N–H and O–H groups in total. The quantitative estimate of drug-likeness (QED) is 0.451. The van der Waals surface area contributed by atoms with Crippen LogP contribution in [0.4, 0.5) is 26.3 Å². The molecule has 1 aliphatic rings. The number of ether oxygens (including phenoxy) is 2. The van der Waals surface area contributed by atoms with Crippen LogP contribution >= 0.6 is 0 Å². The average molecular weight is 382 g/mol. The molecule has 1 fully saturated rings. The zero-order valence-corrected chi connectivity index (χ0v) is 13.1. The molecule has 0 amide bonds. The molecule has 1 heterocycles. The fourth-order valence-electron chi connectivity index (χ4n) is 2.24. The van der Waals surface area contributed by atoms with Gasteiger partial charge in [0.25, 0.3) is 0 Å². The Labute approximate surface area is 143 Å². The number of halogens is 6. The van der Waals surface area contributed by atoms with E-state index in [0.717, 1.165) is 6.08 Å². The van der Waals surface area contributed by atoms with Crippen molar-refractivity contribution in [2.24, 2.45) is 0 Å². The van der Waals surface area contributed by atoms with Gasteiger partial charge < -0.3 is 9.47 Å². The van der Waals surface area contributed by atoms with Crippen LogP contribution in [0.3, 0.4) is 0 Å². The number of hydrogen-bond acceptors (Lipinski definition) is 4. The normalized spacial score (nSPS) is 21.1. The van der Waals surface area contributed by atoms with Crippen molar-refractivity contribution in [1.82, 2.24) is 0 Å². The predicted molar refractivity (Wildman–Crippen MR) is 75.5 cm³/mol. The van der Waals surface area contributed by atoms with Crippen molar-refractivity contribution in [1.29, 1.82) is 0 Å². The first-order chi connectivity index (χ1) is 11.9. The van der Waals surface area contributed by atoms with E-state index >= 15 is 0 Å². The first kappa shape index (κ1) is 19.8. The summed E-state index contributed by atoms with van der Waals surface area (Å²) in [4.78, 5) is 23.0. The van der Waals surface area contributed by atoms with Crippen molar-refractivity contribution in [3.8, 4) is 0 Å². The van der Waals surface area contributed by atoms with Gasteiger partial charge in [-0.2, -0.15) is 26.3 Å². The maximum atomic E-state index is 12.8. The van der Waals surface area contributed by atoms with Crippen molar-refractivity contribution >= 4 is 18.0 Å². The van der Waals surface area contributed by atoms with Gasteiger partial charge >= 0.3 is 24.3 Å². The van der Waals surface area contributed by atoms with Crippen molar-refractivity contribution in [2.75, 3.05) is 0 Å². The first-order valence-corrected chi connectivity index (χ1v) is 7.25. The summed E-state index contributed by atoms with van der Waals surface area (Å²) in [5.41, 5.74) is -3.51. The maximum absolute atomic E-state index is 12.8. The molecule has 26 heavy (non-hydrogen) atoms. The molecule has 1 aromatic carbocycles. The number of carbonyl (C=O) groups excluding carboxylic acids is 2. The van der Waals surface area contributed by atoms with Crippen LogP contribution < -0.4 is 0 Å². The van der Waals surface area contributed by atoms with Gasteiger partial charge in [-0.1, -0.05) is 0 Å². The Morgan fingerprint density at radius 3 is 2.08 bits per heavy atom. The maximum Gasteiger partial charge on any atom is 0.416 e. The summed E-state index contributed by atoms with van der Waals surface area (Å²) < 4.78 is 86.0. The Morgan fingerprint density at radius 2 is 1.65 bits per heavy atom. The summed E-state index contributed by atoms with van der Waals surface area (Å²) in [6.07, 6.45) is -10.1. The zero-order valence-electron chi connectivity index (χ0n) is 13.1. The molecule has 142 valence electrons. The van der Waals surface area contributed by atoms with Gasteiger partial charge in [0.2, 0.25) is 6.10 Å². The van der Waals surface area contributed by atoms with Crippen molar-refractivity contribution in [3.63, 3.8) is 0 Å². The van der Waals surface area contributed by atoms with Gasteiger partial charge in [-0.15, -0.1) is 0 Å². The number of carbonyl (C=O) groups is 2. The lowest BCUT2D eigenvalue weighted by molar-refractivity contribution is -0.157. The van der Waals surface area contributed by atoms with Crippen LogP contribution in [0.25, 0.3) is 6.08 Å². The minimum atomic E-state index is -4.99. The Bertz CT molecular complexity index is 703. The number of cyclic esters (lactones) is 1. The van der Waals surface area contributed by atoms with Gasteiger partial charge in [0.1, 0.15) is 6.10 Å². The Hall–Kier alpha value is -2.52. The van der Waals surface area contributed by atoms with Crippen molar-refractivity contribution < 1.29 is 45.4 Å². The number of alkyl halides is 6. The molecule has 1 aromatic rings. The lowest BCUT2D eigenvalue weighted by Gasteiger charge is -2.13. The second-order valence-electron chi connectivity index (χ2n) is 5.58. The molecule has 0 radical (unpaired) electrons. The molecule has 0 spiro atoms. The van der Waals surface area contributed by atoms with Gasteiger partial charge in [-0.05, 0) is 36.8 Å². The van der Waals surface area contributed by atoms with Crippen LogP contribution in [0.2, 0.25) is 0 Å². The molecule has 4 nitrogen and oxygen atoms in total. The van der Waals surface area contributed by atoms with Gasteiger partial charge in [-0.25, -0.2) is 9.59 Å². The predicted octanol–water partition coefficient (Wildman–Crippen LogP) is 3.98. The lowest BCUT2D eigenvalue weighted by atomic mass is 10.0. The summed E-state index contributed by atoms with van der Waals surface area (Å²) in [5, 5.41) is 0. The molecule has 2 unspecified atom stereocenters. The Kier molecular flexibility index (Phi) is 5.33. The molecule has 0 aliphatic carbocycles. The number of rotatable bonds is 3. The SMILES string of the molecule is CC1CC(OC(=O)C=Cc2cc(C(F)(F)F)cc(C(F)(F)F)c2)C(=O)O1. The minimum absolute atomic E-state index is 0.0222. The van der Waals surface area contributed by atoms with Gasteiger partial charge in [-0.3, -0.25) is 0 Å². The van der Waals surface area contributed by atoms with Gasteiger partial charge in [0, 0.05) is 12.5 Å². The summed E-state index contributed by atoms with van der Waals surface area (Å²) >= 11 is 0. The summed E-state index contributed by atoms with van der Waals surface area (Å²) in [6.45, 7) is 1.57. The van der Waals surface area contributed by atoms with Gasteiger partial charge in [0.15, 0.2) is 0 Å². The highest BCUT2D eigenvalue weighted by molar-refractivity contribution is 5.89. The molecule has 1 saturated heterocycles. The lowest BCUT2D eigenvalue weighted by Crippen LogP contribution is -2.21. The van der Waals surface area contributed by atoms with E-state index in [0.29, 0.717) is 18.2 Å². The molecule has 0 bridgehead atoms. The second-order valence-corrected chi connectivity index (χ2v) is 5.58. The molecule has 0 aromatic heterocycles. The average Bonchev–Trinajstić information content (AvgIpc) is 2.81. The number of benzene rings is 1.